The molecule has 1 N–H and O–H groups in total. The SMILES string of the molecule is O=C(CSc1ncnc2c1nnn2-c1cccc(Cl)c1)Nc1ccc2c(c1)OCCO2. The van der Waals surface area contributed by atoms with Crippen LogP contribution >= 0.6 is 23.4 Å². The van der Waals surface area contributed by atoms with Gasteiger partial charge in [-0.3, -0.25) is 4.79 Å². The van der Waals surface area contributed by atoms with Crippen LogP contribution in [-0.4, -0.2) is 49.8 Å². The first-order valence-corrected chi connectivity index (χ1v) is 10.7. The molecule has 2 aromatic carbocycles. The number of hydrogen-bond acceptors (Lipinski definition) is 8. The Labute approximate surface area is 185 Å². The molecule has 3 heterocycles. The second kappa shape index (κ2) is 8.40. The topological polar surface area (TPSA) is 104 Å². The number of fused-ring (bicyclic) bond motifs is 2. The molecule has 0 atom stereocenters. The van der Waals surface area contributed by atoms with Crippen molar-refractivity contribution in [2.45, 2.75) is 5.03 Å². The molecular formula is C20H15ClN6O3S. The van der Waals surface area contributed by atoms with Gasteiger partial charge in [-0.2, -0.15) is 4.68 Å². The third kappa shape index (κ3) is 4.12. The monoisotopic (exact) mass is 454 g/mol. The molecule has 0 unspecified atom stereocenters. The molecular weight excluding hydrogens is 440 g/mol. The molecule has 11 heteroatoms. The lowest BCUT2D eigenvalue weighted by molar-refractivity contribution is -0.113. The van der Waals surface area contributed by atoms with Crippen LogP contribution < -0.4 is 14.8 Å². The van der Waals surface area contributed by atoms with Crippen LogP contribution in [0.4, 0.5) is 5.69 Å². The summed E-state index contributed by atoms with van der Waals surface area (Å²) in [6, 6.07) is 12.5. The summed E-state index contributed by atoms with van der Waals surface area (Å²) in [5.74, 6) is 1.25. The van der Waals surface area contributed by atoms with Gasteiger partial charge in [0.2, 0.25) is 5.91 Å². The number of ether oxygens (including phenoxy) is 2. The summed E-state index contributed by atoms with van der Waals surface area (Å²) in [5.41, 5.74) is 2.42. The van der Waals surface area contributed by atoms with Gasteiger partial charge >= 0.3 is 0 Å². The van der Waals surface area contributed by atoms with Crippen LogP contribution in [0.2, 0.25) is 5.02 Å². The van der Waals surface area contributed by atoms with Gasteiger partial charge in [-0.25, -0.2) is 9.97 Å². The predicted molar refractivity (Wildman–Crippen MR) is 116 cm³/mol. The lowest BCUT2D eigenvalue weighted by Gasteiger charge is -2.18. The van der Waals surface area contributed by atoms with Gasteiger partial charge in [0.05, 0.1) is 11.4 Å². The van der Waals surface area contributed by atoms with E-state index in [9.17, 15) is 4.79 Å². The molecule has 2 aromatic heterocycles. The van der Waals surface area contributed by atoms with Crippen LogP contribution in [0, 0.1) is 0 Å². The summed E-state index contributed by atoms with van der Waals surface area (Å²) in [7, 11) is 0. The summed E-state index contributed by atoms with van der Waals surface area (Å²) >= 11 is 7.33. The molecule has 4 aromatic rings. The predicted octanol–water partition coefficient (Wildman–Crippen LogP) is 3.37. The maximum atomic E-state index is 12.5. The zero-order valence-corrected chi connectivity index (χ0v) is 17.6. The van der Waals surface area contributed by atoms with E-state index in [0.717, 1.165) is 5.69 Å². The molecule has 0 spiro atoms. The molecule has 0 fully saturated rings. The maximum Gasteiger partial charge on any atom is 0.234 e. The lowest BCUT2D eigenvalue weighted by atomic mass is 10.2. The largest absolute Gasteiger partial charge is 0.486 e. The van der Waals surface area contributed by atoms with Crippen LogP contribution in [0.15, 0.2) is 53.8 Å². The number of hydrogen-bond donors (Lipinski definition) is 1. The lowest BCUT2D eigenvalue weighted by Crippen LogP contribution is -2.17. The van der Waals surface area contributed by atoms with Crippen LogP contribution in [0.5, 0.6) is 11.5 Å². The van der Waals surface area contributed by atoms with Crippen molar-refractivity contribution in [1.29, 1.82) is 0 Å². The van der Waals surface area contributed by atoms with E-state index in [0.29, 0.717) is 51.6 Å². The number of rotatable bonds is 5. The van der Waals surface area contributed by atoms with E-state index in [4.69, 9.17) is 21.1 Å². The van der Waals surface area contributed by atoms with Gasteiger partial charge in [-0.05, 0) is 30.3 Å². The summed E-state index contributed by atoms with van der Waals surface area (Å²) in [5, 5.41) is 12.4. The van der Waals surface area contributed by atoms with E-state index in [1.165, 1.54) is 18.1 Å². The van der Waals surface area contributed by atoms with Crippen molar-refractivity contribution in [2.24, 2.45) is 0 Å². The first-order valence-electron chi connectivity index (χ1n) is 9.32. The molecule has 1 aliphatic rings. The second-order valence-electron chi connectivity index (χ2n) is 6.53. The van der Waals surface area contributed by atoms with E-state index < -0.39 is 0 Å². The third-order valence-corrected chi connectivity index (χ3v) is 5.64. The van der Waals surface area contributed by atoms with Crippen molar-refractivity contribution in [2.75, 3.05) is 24.3 Å². The molecule has 1 aliphatic heterocycles. The Hall–Kier alpha value is -3.37. The average Bonchev–Trinajstić information content (AvgIpc) is 3.22. The molecule has 5 rings (SSSR count). The Morgan fingerprint density at radius 2 is 2.00 bits per heavy atom. The van der Waals surface area contributed by atoms with Gasteiger partial charge in [-0.1, -0.05) is 34.6 Å². The molecule has 9 nitrogen and oxygen atoms in total. The van der Waals surface area contributed by atoms with Gasteiger partial charge in [-0.15, -0.1) is 5.10 Å². The fourth-order valence-electron chi connectivity index (χ4n) is 3.07. The molecule has 0 bridgehead atoms. The highest BCUT2D eigenvalue weighted by atomic mass is 35.5. The zero-order valence-electron chi connectivity index (χ0n) is 16.0. The normalized spacial score (nSPS) is 12.7. The molecule has 0 radical (unpaired) electrons. The minimum absolute atomic E-state index is 0.143. The Bertz CT molecular complexity index is 1280. The molecule has 0 saturated heterocycles. The van der Waals surface area contributed by atoms with Crippen LogP contribution in [-0.2, 0) is 4.79 Å². The summed E-state index contributed by atoms with van der Waals surface area (Å²) in [4.78, 5) is 21.0. The van der Waals surface area contributed by atoms with Crippen molar-refractivity contribution in [3.63, 3.8) is 0 Å². The standard InChI is InChI=1S/C20H15ClN6O3S/c21-12-2-1-3-14(8-12)27-19-18(25-26-27)20(23-11-22-19)31-10-17(28)24-13-4-5-15-16(9-13)30-7-6-29-15/h1-5,8-9,11H,6-7,10H2,(H,24,28). The minimum Gasteiger partial charge on any atom is -0.486 e. The van der Waals surface area contributed by atoms with Gasteiger partial charge in [0.15, 0.2) is 22.7 Å². The number of carbonyl (C=O) groups is 1. The Morgan fingerprint density at radius 1 is 1.13 bits per heavy atom. The van der Waals surface area contributed by atoms with Gasteiger partial charge in [0.1, 0.15) is 24.6 Å². The molecule has 0 aliphatic carbocycles. The molecule has 0 saturated carbocycles. The fraction of sp³-hybridized carbons (Fsp3) is 0.150. The van der Waals surface area contributed by atoms with Gasteiger partial charge < -0.3 is 14.8 Å². The number of halogens is 1. The molecule has 156 valence electrons. The second-order valence-corrected chi connectivity index (χ2v) is 7.93. The highest BCUT2D eigenvalue weighted by molar-refractivity contribution is 8.00. The number of nitrogens with zero attached hydrogens (tertiary/aromatic N) is 5. The number of thioether (sulfide) groups is 1. The van der Waals surface area contributed by atoms with E-state index in [2.05, 4.69) is 25.6 Å². The minimum atomic E-state index is -0.185. The van der Waals surface area contributed by atoms with E-state index in [1.54, 1.807) is 35.0 Å². The number of amides is 1. The smallest absolute Gasteiger partial charge is 0.234 e. The third-order valence-electron chi connectivity index (χ3n) is 4.42. The number of benzene rings is 2. The van der Waals surface area contributed by atoms with Crippen molar-refractivity contribution < 1.29 is 14.3 Å². The average molecular weight is 455 g/mol. The van der Waals surface area contributed by atoms with Gasteiger partial charge in [0, 0.05) is 16.8 Å². The van der Waals surface area contributed by atoms with Gasteiger partial charge in [0.25, 0.3) is 0 Å². The van der Waals surface area contributed by atoms with E-state index in [-0.39, 0.29) is 11.7 Å². The number of carbonyl (C=O) groups excluding carboxylic acids is 1. The van der Waals surface area contributed by atoms with E-state index >= 15 is 0 Å². The van der Waals surface area contributed by atoms with Crippen molar-refractivity contribution in [3.8, 4) is 17.2 Å². The molecule has 31 heavy (non-hydrogen) atoms. The maximum absolute atomic E-state index is 12.5. The van der Waals surface area contributed by atoms with Crippen molar-refractivity contribution in [1.82, 2.24) is 25.0 Å². The summed E-state index contributed by atoms with van der Waals surface area (Å²) < 4.78 is 12.6. The van der Waals surface area contributed by atoms with Crippen molar-refractivity contribution >= 4 is 46.1 Å². The number of anilines is 1. The first kappa shape index (κ1) is 19.6. The highest BCUT2D eigenvalue weighted by Crippen LogP contribution is 2.32. The number of aromatic nitrogens is 5. The van der Waals surface area contributed by atoms with E-state index in [1.807, 2.05) is 12.1 Å². The number of nitrogens with one attached hydrogen (secondary N) is 1. The fourth-order valence-corrected chi connectivity index (χ4v) is 3.98. The van der Waals surface area contributed by atoms with Crippen LogP contribution in [0.25, 0.3) is 16.9 Å². The summed E-state index contributed by atoms with van der Waals surface area (Å²) in [6.07, 6.45) is 1.42. The molecule has 1 amide bonds. The Kier molecular flexibility index (Phi) is 5.31. The van der Waals surface area contributed by atoms with Crippen LogP contribution in [0.1, 0.15) is 0 Å². The highest BCUT2D eigenvalue weighted by Gasteiger charge is 2.16. The summed E-state index contributed by atoms with van der Waals surface area (Å²) in [6.45, 7) is 1.00. The van der Waals surface area contributed by atoms with Crippen LogP contribution in [0.3, 0.4) is 0 Å². The first-order chi connectivity index (χ1) is 15.2. The van der Waals surface area contributed by atoms with Crippen molar-refractivity contribution in [3.05, 3.63) is 53.8 Å². The zero-order chi connectivity index (χ0) is 21.2. The Balaban J connectivity index is 1.30. The quantitative estimate of drug-likeness (QED) is 0.361. The Morgan fingerprint density at radius 3 is 2.87 bits per heavy atom.